The Labute approximate surface area is 164 Å². The van der Waals surface area contributed by atoms with Gasteiger partial charge in [-0.25, -0.2) is 5.43 Å². The Hall–Kier alpha value is -3.66. The minimum Gasteiger partial charge on any atom is -0.497 e. The number of hydrogen-bond acceptors (Lipinski definition) is 6. The maximum Gasteiger partial charge on any atom is 0.244 e. The van der Waals surface area contributed by atoms with Gasteiger partial charge >= 0.3 is 0 Å². The molecule has 0 bridgehead atoms. The van der Waals surface area contributed by atoms with Crippen LogP contribution in [0.3, 0.4) is 0 Å². The van der Waals surface area contributed by atoms with E-state index in [-0.39, 0.29) is 18.9 Å². The molecule has 1 N–H and O–H groups in total. The summed E-state index contributed by atoms with van der Waals surface area (Å²) in [6, 6.07) is 10.5. The van der Waals surface area contributed by atoms with Gasteiger partial charge in [-0.3, -0.25) is 4.79 Å². The number of nitrogens with zero attached hydrogens (tertiary/aromatic N) is 1. The number of ether oxygens (including phenoxy) is 4. The quantitative estimate of drug-likeness (QED) is 0.409. The summed E-state index contributed by atoms with van der Waals surface area (Å²) in [5.41, 5.74) is 3.88. The second kappa shape index (κ2) is 10.5. The highest BCUT2D eigenvalue weighted by Crippen LogP contribution is 2.27. The van der Waals surface area contributed by atoms with E-state index in [1.165, 1.54) is 6.21 Å². The van der Waals surface area contributed by atoms with Gasteiger partial charge in [-0.2, -0.15) is 5.10 Å². The van der Waals surface area contributed by atoms with Crippen molar-refractivity contribution in [3.8, 4) is 35.3 Å². The number of rotatable bonds is 9. The molecule has 146 valence electrons. The van der Waals surface area contributed by atoms with E-state index in [9.17, 15) is 4.79 Å². The van der Waals surface area contributed by atoms with Crippen LogP contribution in [0.25, 0.3) is 0 Å². The zero-order valence-corrected chi connectivity index (χ0v) is 16.0. The lowest BCUT2D eigenvalue weighted by Gasteiger charge is -2.09. The third-order valence-corrected chi connectivity index (χ3v) is 3.73. The first kappa shape index (κ1) is 20.6. The molecule has 0 aliphatic heterocycles. The van der Waals surface area contributed by atoms with Gasteiger partial charge in [0.15, 0.2) is 11.5 Å². The Morgan fingerprint density at radius 1 is 1.07 bits per heavy atom. The second-order valence-corrected chi connectivity index (χ2v) is 5.56. The van der Waals surface area contributed by atoms with E-state index in [4.69, 9.17) is 25.4 Å². The van der Waals surface area contributed by atoms with Crippen molar-refractivity contribution in [3.05, 3.63) is 47.5 Å². The van der Waals surface area contributed by atoms with Crippen molar-refractivity contribution < 1.29 is 23.7 Å². The van der Waals surface area contributed by atoms with Crippen LogP contribution in [-0.4, -0.2) is 40.1 Å². The Balaban J connectivity index is 2.04. The number of hydrazone groups is 1. The van der Waals surface area contributed by atoms with Crippen LogP contribution < -0.4 is 24.4 Å². The average molecular weight is 382 g/mol. The number of carbonyl (C=O) groups is 1. The summed E-state index contributed by atoms with van der Waals surface area (Å²) in [5.74, 6) is 4.45. The zero-order chi connectivity index (χ0) is 20.4. The maximum absolute atomic E-state index is 12.2. The first-order valence-electron chi connectivity index (χ1n) is 8.38. The molecular formula is C21H22N2O5. The molecule has 0 radical (unpaired) electrons. The van der Waals surface area contributed by atoms with Gasteiger partial charge in [-0.15, -0.1) is 6.42 Å². The van der Waals surface area contributed by atoms with Crippen molar-refractivity contribution in [2.75, 3.05) is 27.9 Å². The number of amides is 1. The van der Waals surface area contributed by atoms with Gasteiger partial charge in [0.2, 0.25) is 5.91 Å². The van der Waals surface area contributed by atoms with Crippen LogP contribution in [-0.2, 0) is 11.2 Å². The molecule has 0 saturated heterocycles. The van der Waals surface area contributed by atoms with Crippen LogP contribution in [0.4, 0.5) is 0 Å². The van der Waals surface area contributed by atoms with Crippen molar-refractivity contribution in [2.24, 2.45) is 5.10 Å². The third-order valence-electron chi connectivity index (χ3n) is 3.73. The van der Waals surface area contributed by atoms with Crippen molar-refractivity contribution in [2.45, 2.75) is 6.42 Å². The van der Waals surface area contributed by atoms with Crippen LogP contribution in [0.1, 0.15) is 11.1 Å². The molecule has 7 nitrogen and oxygen atoms in total. The summed E-state index contributed by atoms with van der Waals surface area (Å²) in [6.07, 6.45) is 6.84. The lowest BCUT2D eigenvalue weighted by atomic mass is 10.1. The minimum absolute atomic E-state index is 0.124. The molecule has 0 spiro atoms. The highest BCUT2D eigenvalue weighted by atomic mass is 16.5. The van der Waals surface area contributed by atoms with E-state index in [2.05, 4.69) is 16.4 Å². The highest BCUT2D eigenvalue weighted by Gasteiger charge is 2.08. The maximum atomic E-state index is 12.2. The lowest BCUT2D eigenvalue weighted by Crippen LogP contribution is -2.19. The SMILES string of the molecule is C#CCOc1ccc(OC)cc1/C=N/NC(=O)Cc1ccc(OC)c(OC)c1. The van der Waals surface area contributed by atoms with Gasteiger partial charge in [-0.05, 0) is 35.9 Å². The molecule has 0 heterocycles. The number of terminal acetylenes is 1. The molecule has 0 unspecified atom stereocenters. The lowest BCUT2D eigenvalue weighted by molar-refractivity contribution is -0.120. The number of carbonyl (C=O) groups excluding carboxylic acids is 1. The number of hydrogen-bond donors (Lipinski definition) is 1. The van der Waals surface area contributed by atoms with Crippen LogP contribution in [0, 0.1) is 12.3 Å². The van der Waals surface area contributed by atoms with Gasteiger partial charge in [0.25, 0.3) is 0 Å². The average Bonchev–Trinajstić information content (AvgIpc) is 2.72. The largest absolute Gasteiger partial charge is 0.497 e. The van der Waals surface area contributed by atoms with E-state index in [1.807, 2.05) is 0 Å². The second-order valence-electron chi connectivity index (χ2n) is 5.56. The number of methoxy groups -OCH3 is 3. The molecule has 7 heteroatoms. The molecule has 2 aromatic carbocycles. The molecule has 28 heavy (non-hydrogen) atoms. The summed E-state index contributed by atoms with van der Waals surface area (Å²) < 4.78 is 21.1. The van der Waals surface area contributed by atoms with Gasteiger partial charge in [0.05, 0.1) is 34.0 Å². The predicted octanol–water partition coefficient (Wildman–Crippen LogP) is 2.42. The molecule has 2 aromatic rings. The zero-order valence-electron chi connectivity index (χ0n) is 16.0. The fourth-order valence-electron chi connectivity index (χ4n) is 2.39. The molecule has 1 amide bonds. The van der Waals surface area contributed by atoms with E-state index >= 15 is 0 Å². The van der Waals surface area contributed by atoms with Crippen LogP contribution >= 0.6 is 0 Å². The van der Waals surface area contributed by atoms with Gasteiger partial charge in [0.1, 0.15) is 18.1 Å². The van der Waals surface area contributed by atoms with E-state index in [0.29, 0.717) is 28.6 Å². The Bertz CT molecular complexity index is 887. The number of nitrogens with one attached hydrogen (secondary N) is 1. The third kappa shape index (κ3) is 5.68. The Morgan fingerprint density at radius 3 is 2.50 bits per heavy atom. The summed E-state index contributed by atoms with van der Waals surface area (Å²) in [4.78, 5) is 12.2. The van der Waals surface area contributed by atoms with E-state index in [1.54, 1.807) is 57.7 Å². The molecule has 0 aromatic heterocycles. The fourth-order valence-corrected chi connectivity index (χ4v) is 2.39. The first-order chi connectivity index (χ1) is 13.6. The van der Waals surface area contributed by atoms with Gasteiger partial charge in [-0.1, -0.05) is 12.0 Å². The standard InChI is InChI=1S/C21H22N2O5/c1-5-10-28-18-9-7-17(25-2)13-16(18)14-22-23-21(24)12-15-6-8-19(26-3)20(11-15)27-4/h1,6-9,11,13-14H,10,12H2,2-4H3,(H,23,24)/b22-14+. The van der Waals surface area contributed by atoms with E-state index < -0.39 is 0 Å². The van der Waals surface area contributed by atoms with Crippen LogP contribution in [0.2, 0.25) is 0 Å². The Morgan fingerprint density at radius 2 is 1.82 bits per heavy atom. The number of benzene rings is 2. The highest BCUT2D eigenvalue weighted by molar-refractivity contribution is 5.86. The predicted molar refractivity (Wildman–Crippen MR) is 106 cm³/mol. The summed E-state index contributed by atoms with van der Waals surface area (Å²) >= 11 is 0. The fraction of sp³-hybridized carbons (Fsp3) is 0.238. The topological polar surface area (TPSA) is 78.4 Å². The molecule has 0 aliphatic carbocycles. The summed E-state index contributed by atoms with van der Waals surface area (Å²) in [5, 5.41) is 3.99. The molecule has 0 saturated carbocycles. The van der Waals surface area contributed by atoms with Crippen molar-refractivity contribution in [3.63, 3.8) is 0 Å². The van der Waals surface area contributed by atoms with Crippen molar-refractivity contribution >= 4 is 12.1 Å². The van der Waals surface area contributed by atoms with Gasteiger partial charge < -0.3 is 18.9 Å². The molecule has 0 fully saturated rings. The van der Waals surface area contributed by atoms with Crippen molar-refractivity contribution in [1.82, 2.24) is 5.43 Å². The van der Waals surface area contributed by atoms with Crippen LogP contribution in [0.5, 0.6) is 23.0 Å². The molecule has 0 aliphatic rings. The van der Waals surface area contributed by atoms with Crippen LogP contribution in [0.15, 0.2) is 41.5 Å². The smallest absolute Gasteiger partial charge is 0.244 e. The summed E-state index contributed by atoms with van der Waals surface area (Å²) in [6.45, 7) is 0.124. The van der Waals surface area contributed by atoms with Crippen molar-refractivity contribution in [1.29, 1.82) is 0 Å². The summed E-state index contributed by atoms with van der Waals surface area (Å²) in [7, 11) is 4.65. The normalized spacial score (nSPS) is 10.2. The van der Waals surface area contributed by atoms with E-state index in [0.717, 1.165) is 5.56 Å². The molecule has 2 rings (SSSR count). The van der Waals surface area contributed by atoms with Gasteiger partial charge in [0, 0.05) is 5.56 Å². The Kier molecular flexibility index (Phi) is 7.73. The molecular weight excluding hydrogens is 360 g/mol. The molecule has 0 atom stereocenters. The monoisotopic (exact) mass is 382 g/mol. The minimum atomic E-state index is -0.280. The first-order valence-corrected chi connectivity index (χ1v) is 8.38.